The summed E-state index contributed by atoms with van der Waals surface area (Å²) in [7, 11) is 1.76. The molecule has 25 heavy (non-hydrogen) atoms. The summed E-state index contributed by atoms with van der Waals surface area (Å²) in [4.78, 5) is 27.4. The second-order valence-electron chi connectivity index (χ2n) is 6.35. The van der Waals surface area contributed by atoms with Gasteiger partial charge in [-0.25, -0.2) is 4.79 Å². The lowest BCUT2D eigenvalue weighted by atomic mass is 10.1. The number of carbonyl (C=O) groups excluding carboxylic acids is 2. The third-order valence-electron chi connectivity index (χ3n) is 4.67. The number of esters is 1. The molecule has 0 radical (unpaired) electrons. The first-order chi connectivity index (χ1) is 12.1. The largest absolute Gasteiger partial charge is 0.444 e. The van der Waals surface area contributed by atoms with Gasteiger partial charge in [-0.1, -0.05) is 30.3 Å². The molecule has 0 N–H and O–H groups in total. The van der Waals surface area contributed by atoms with E-state index in [-0.39, 0.29) is 5.91 Å². The molecule has 1 atom stereocenters. The highest BCUT2D eigenvalue weighted by atomic mass is 16.5. The molecule has 2 heterocycles. The minimum absolute atomic E-state index is 0.152. The molecule has 3 rings (SSSR count). The fourth-order valence-electron chi connectivity index (χ4n) is 3.04. The lowest BCUT2D eigenvalue weighted by molar-refractivity contribution is -0.142. The highest BCUT2D eigenvalue weighted by molar-refractivity contribution is 5.93. The number of piperidine rings is 1. The van der Waals surface area contributed by atoms with E-state index in [4.69, 9.17) is 4.74 Å². The van der Waals surface area contributed by atoms with Crippen LogP contribution in [-0.4, -0.2) is 39.6 Å². The monoisotopic (exact) mass is 341 g/mol. The van der Waals surface area contributed by atoms with Crippen LogP contribution in [0.2, 0.25) is 0 Å². The van der Waals surface area contributed by atoms with Gasteiger partial charge in [-0.3, -0.25) is 9.48 Å². The lowest BCUT2D eigenvalue weighted by Gasteiger charge is -2.30. The Labute approximate surface area is 147 Å². The molecule has 6 nitrogen and oxygen atoms in total. The summed E-state index contributed by atoms with van der Waals surface area (Å²) < 4.78 is 7.26. The van der Waals surface area contributed by atoms with Gasteiger partial charge in [0.15, 0.2) is 0 Å². The Balaban J connectivity index is 1.85. The van der Waals surface area contributed by atoms with Crippen molar-refractivity contribution in [2.24, 2.45) is 7.05 Å². The van der Waals surface area contributed by atoms with Gasteiger partial charge in [-0.05, 0) is 26.2 Å². The van der Waals surface area contributed by atoms with Gasteiger partial charge in [-0.2, -0.15) is 5.10 Å². The maximum absolute atomic E-state index is 13.0. The molecule has 0 spiro atoms. The van der Waals surface area contributed by atoms with Crippen LogP contribution in [0.3, 0.4) is 0 Å². The molecule has 6 heteroatoms. The zero-order valence-electron chi connectivity index (χ0n) is 14.6. The standard InChI is InChI=1S/C19H23N3O3/c1-14-16(13-20-21(14)2)19(24)25-17(15-9-5-3-6-10-15)18(23)22-11-7-4-8-12-22/h3,5-6,9-10,13,17H,4,7-8,11-12H2,1-2H3/t17-/m0/s1. The maximum Gasteiger partial charge on any atom is 0.342 e. The van der Waals surface area contributed by atoms with Gasteiger partial charge in [0.25, 0.3) is 5.91 Å². The molecule has 132 valence electrons. The number of aromatic nitrogens is 2. The van der Waals surface area contributed by atoms with Crippen molar-refractivity contribution in [1.82, 2.24) is 14.7 Å². The highest BCUT2D eigenvalue weighted by Crippen LogP contribution is 2.24. The van der Waals surface area contributed by atoms with Crippen LogP contribution < -0.4 is 0 Å². The number of aryl methyl sites for hydroxylation is 1. The Morgan fingerprint density at radius 2 is 1.80 bits per heavy atom. The first-order valence-corrected chi connectivity index (χ1v) is 8.61. The Bertz CT molecular complexity index is 749. The molecule has 1 fully saturated rings. The Kier molecular flexibility index (Phi) is 5.16. The van der Waals surface area contributed by atoms with Gasteiger partial charge in [-0.15, -0.1) is 0 Å². The number of hydrogen-bond donors (Lipinski definition) is 0. The summed E-state index contributed by atoms with van der Waals surface area (Å²) in [6.45, 7) is 3.23. The van der Waals surface area contributed by atoms with Crippen LogP contribution in [0.25, 0.3) is 0 Å². The van der Waals surface area contributed by atoms with Gasteiger partial charge in [0.2, 0.25) is 6.10 Å². The molecule has 1 aliphatic rings. The molecule has 1 aromatic carbocycles. The maximum atomic E-state index is 13.0. The third kappa shape index (κ3) is 3.73. The zero-order chi connectivity index (χ0) is 17.8. The molecule has 0 unspecified atom stereocenters. The number of carbonyl (C=O) groups is 2. The van der Waals surface area contributed by atoms with Crippen molar-refractivity contribution < 1.29 is 14.3 Å². The predicted molar refractivity (Wildman–Crippen MR) is 93.0 cm³/mol. The molecule has 2 aromatic rings. The van der Waals surface area contributed by atoms with E-state index in [1.165, 1.54) is 6.20 Å². The van der Waals surface area contributed by atoms with Crippen molar-refractivity contribution >= 4 is 11.9 Å². The van der Waals surface area contributed by atoms with Crippen LogP contribution in [0.4, 0.5) is 0 Å². The first kappa shape index (κ1) is 17.2. The number of rotatable bonds is 4. The number of hydrogen-bond acceptors (Lipinski definition) is 4. The minimum atomic E-state index is -0.925. The van der Waals surface area contributed by atoms with Crippen molar-refractivity contribution in [3.8, 4) is 0 Å². The molecule has 0 aliphatic carbocycles. The van der Waals surface area contributed by atoms with E-state index in [9.17, 15) is 9.59 Å². The quantitative estimate of drug-likeness (QED) is 0.802. The summed E-state index contributed by atoms with van der Waals surface area (Å²) in [5, 5.41) is 4.07. The summed E-state index contributed by atoms with van der Waals surface area (Å²) in [6.07, 6.45) is 3.66. The molecule has 0 saturated carbocycles. The van der Waals surface area contributed by atoms with Crippen LogP contribution >= 0.6 is 0 Å². The van der Waals surface area contributed by atoms with E-state index >= 15 is 0 Å². The van der Waals surface area contributed by atoms with Crippen molar-refractivity contribution in [2.45, 2.75) is 32.3 Å². The number of nitrogens with zero attached hydrogens (tertiary/aromatic N) is 3. The highest BCUT2D eigenvalue weighted by Gasteiger charge is 2.31. The molecular weight excluding hydrogens is 318 g/mol. The molecule has 1 aromatic heterocycles. The van der Waals surface area contributed by atoms with E-state index in [0.29, 0.717) is 29.9 Å². The number of likely N-dealkylation sites (tertiary alicyclic amines) is 1. The summed E-state index contributed by atoms with van der Waals surface area (Å²) in [5.41, 5.74) is 1.78. The fraction of sp³-hybridized carbons (Fsp3) is 0.421. The normalized spacial score (nSPS) is 15.7. The molecular formula is C19H23N3O3. The van der Waals surface area contributed by atoms with Gasteiger partial charge in [0, 0.05) is 31.4 Å². The fourth-order valence-corrected chi connectivity index (χ4v) is 3.04. The third-order valence-corrected chi connectivity index (χ3v) is 4.67. The summed E-state index contributed by atoms with van der Waals surface area (Å²) >= 11 is 0. The van der Waals surface area contributed by atoms with Crippen LogP contribution in [0.1, 0.15) is 47.0 Å². The second kappa shape index (κ2) is 7.51. The number of amides is 1. The van der Waals surface area contributed by atoms with Gasteiger partial charge in [0.05, 0.1) is 6.20 Å². The smallest absolute Gasteiger partial charge is 0.342 e. The Morgan fingerprint density at radius 3 is 2.40 bits per heavy atom. The van der Waals surface area contributed by atoms with Crippen molar-refractivity contribution in [2.75, 3.05) is 13.1 Å². The minimum Gasteiger partial charge on any atom is -0.444 e. The van der Waals surface area contributed by atoms with Crippen molar-refractivity contribution in [3.63, 3.8) is 0 Å². The van der Waals surface area contributed by atoms with E-state index in [2.05, 4.69) is 5.10 Å². The van der Waals surface area contributed by atoms with Gasteiger partial charge >= 0.3 is 5.97 Å². The molecule has 0 bridgehead atoms. The average molecular weight is 341 g/mol. The van der Waals surface area contributed by atoms with Crippen molar-refractivity contribution in [1.29, 1.82) is 0 Å². The van der Waals surface area contributed by atoms with Crippen LogP contribution in [0.5, 0.6) is 0 Å². The van der Waals surface area contributed by atoms with Crippen LogP contribution in [0.15, 0.2) is 36.5 Å². The molecule has 1 saturated heterocycles. The van der Waals surface area contributed by atoms with Gasteiger partial charge in [0.1, 0.15) is 5.56 Å². The van der Waals surface area contributed by atoms with Crippen LogP contribution in [0, 0.1) is 6.92 Å². The zero-order valence-corrected chi connectivity index (χ0v) is 14.6. The number of ether oxygens (including phenoxy) is 1. The molecule has 1 amide bonds. The van der Waals surface area contributed by atoms with E-state index in [1.807, 2.05) is 30.3 Å². The SMILES string of the molecule is Cc1c(C(=O)O[C@H](C(=O)N2CCCCC2)c2ccccc2)cnn1C. The predicted octanol–water partition coefficient (Wildman–Crippen LogP) is 2.64. The van der Waals surface area contributed by atoms with Crippen molar-refractivity contribution in [3.05, 3.63) is 53.3 Å². The van der Waals surface area contributed by atoms with E-state index < -0.39 is 12.1 Å². The Hall–Kier alpha value is -2.63. The second-order valence-corrected chi connectivity index (χ2v) is 6.35. The molecule has 1 aliphatic heterocycles. The average Bonchev–Trinajstić information content (AvgIpc) is 2.99. The Morgan fingerprint density at radius 1 is 1.12 bits per heavy atom. The van der Waals surface area contributed by atoms with Crippen LogP contribution in [-0.2, 0) is 16.6 Å². The summed E-state index contributed by atoms with van der Waals surface area (Å²) in [6, 6.07) is 9.19. The number of benzene rings is 1. The lowest BCUT2D eigenvalue weighted by Crippen LogP contribution is -2.40. The summed E-state index contributed by atoms with van der Waals surface area (Å²) in [5.74, 6) is -0.675. The van der Waals surface area contributed by atoms with E-state index in [1.54, 1.807) is 23.6 Å². The first-order valence-electron chi connectivity index (χ1n) is 8.61. The van der Waals surface area contributed by atoms with E-state index in [0.717, 1.165) is 19.3 Å². The topological polar surface area (TPSA) is 64.4 Å². The van der Waals surface area contributed by atoms with Gasteiger partial charge < -0.3 is 9.64 Å².